The van der Waals surface area contributed by atoms with E-state index in [4.69, 9.17) is 9.47 Å². The summed E-state index contributed by atoms with van der Waals surface area (Å²) in [4.78, 5) is 24.6. The van der Waals surface area contributed by atoms with Crippen LogP contribution < -0.4 is 9.47 Å². The third-order valence-electron chi connectivity index (χ3n) is 9.29. The number of hydrogen-bond donors (Lipinski definition) is 0. The maximum atomic E-state index is 12.4. The average molecular weight is 567 g/mol. The van der Waals surface area contributed by atoms with Crippen LogP contribution in [-0.2, 0) is 4.79 Å². The lowest BCUT2D eigenvalue weighted by atomic mass is 9.83. The molecule has 3 aromatic rings. The summed E-state index contributed by atoms with van der Waals surface area (Å²) in [6.45, 7) is 0. The number of benzene rings is 3. The quantitative estimate of drug-likeness (QED) is 0.220. The van der Waals surface area contributed by atoms with Crippen molar-refractivity contribution in [3.05, 3.63) is 95.6 Å². The highest BCUT2D eigenvalue weighted by molar-refractivity contribution is 5.91. The second-order valence-corrected chi connectivity index (χ2v) is 12.3. The smallest absolute Gasteiger partial charge is 0.343 e. The van der Waals surface area contributed by atoms with E-state index in [2.05, 4.69) is 18.2 Å². The highest BCUT2D eigenvalue weighted by atomic mass is 16.5. The number of ether oxygens (including phenoxy) is 2. The van der Waals surface area contributed by atoms with Gasteiger partial charge in [-0.05, 0) is 85.8 Å². The third-order valence-corrected chi connectivity index (χ3v) is 9.29. The van der Waals surface area contributed by atoms with Crippen LogP contribution in [0.2, 0.25) is 0 Å². The fourth-order valence-corrected chi connectivity index (χ4v) is 6.91. The molecule has 3 fully saturated rings. The highest BCUT2D eigenvalue weighted by Crippen LogP contribution is 2.39. The molecule has 0 amide bonds. The van der Waals surface area contributed by atoms with Gasteiger partial charge in [-0.15, -0.1) is 0 Å². The Hall–Kier alpha value is -3.40. The molecule has 0 radical (unpaired) electrons. The maximum absolute atomic E-state index is 12.4. The van der Waals surface area contributed by atoms with Gasteiger partial charge < -0.3 is 9.47 Å². The minimum atomic E-state index is -0.279. The predicted octanol–water partition coefficient (Wildman–Crippen LogP) is 10.2. The number of para-hydroxylation sites is 2. The molecule has 0 N–H and O–H groups in total. The van der Waals surface area contributed by atoms with E-state index in [9.17, 15) is 9.59 Å². The molecule has 0 spiro atoms. The average Bonchev–Trinajstić information content (AvgIpc) is 3.07. The van der Waals surface area contributed by atoms with Crippen molar-refractivity contribution in [2.45, 2.75) is 108 Å². The molecule has 4 nitrogen and oxygen atoms in total. The van der Waals surface area contributed by atoms with Gasteiger partial charge in [-0.1, -0.05) is 112 Å². The number of hydrogen-bond acceptors (Lipinski definition) is 4. The first-order valence-electron chi connectivity index (χ1n) is 16.4. The lowest BCUT2D eigenvalue weighted by Crippen LogP contribution is -2.23. The van der Waals surface area contributed by atoms with E-state index in [-0.39, 0.29) is 17.9 Å². The molecule has 3 saturated carbocycles. The first-order chi connectivity index (χ1) is 20.7. The van der Waals surface area contributed by atoms with Crippen LogP contribution in [0.25, 0.3) is 0 Å². The summed E-state index contributed by atoms with van der Waals surface area (Å²) < 4.78 is 11.4. The van der Waals surface area contributed by atoms with Crippen LogP contribution in [0.5, 0.6) is 11.5 Å². The van der Waals surface area contributed by atoms with Crippen molar-refractivity contribution in [3.8, 4) is 11.5 Å². The number of carbonyl (C=O) groups excluding carboxylic acids is 2. The highest BCUT2D eigenvalue weighted by Gasteiger charge is 2.26. The van der Waals surface area contributed by atoms with E-state index in [0.717, 1.165) is 24.3 Å². The Morgan fingerprint density at radius 2 is 0.905 bits per heavy atom. The van der Waals surface area contributed by atoms with Gasteiger partial charge >= 0.3 is 11.9 Å². The number of carbonyl (C=O) groups is 2. The molecule has 4 heteroatoms. The molecular weight excluding hydrogens is 520 g/mol. The summed E-state index contributed by atoms with van der Waals surface area (Å²) in [5.74, 6) is 2.49. The standard InChI is InChI=1S/C19H26O2.C19H20O2/c2*20-19(16-11-5-2-6-12-16)21-18-14-8-7-13-17(18)15-9-3-1-4-10-15/h7-8,13-16H,1-6,9-12H2;2,5-8,11-15H,1,3-4,9-10H2. The van der Waals surface area contributed by atoms with Crippen molar-refractivity contribution < 1.29 is 19.1 Å². The minimum absolute atomic E-state index is 0.00189. The minimum Gasteiger partial charge on any atom is -0.426 e. The van der Waals surface area contributed by atoms with Crippen LogP contribution in [0.1, 0.15) is 130 Å². The molecule has 0 bridgehead atoms. The summed E-state index contributed by atoms with van der Waals surface area (Å²) in [5, 5.41) is 0. The van der Waals surface area contributed by atoms with Crippen LogP contribution in [-0.4, -0.2) is 11.9 Å². The van der Waals surface area contributed by atoms with Crippen molar-refractivity contribution in [2.75, 3.05) is 0 Å². The van der Waals surface area contributed by atoms with Crippen molar-refractivity contribution in [2.24, 2.45) is 5.92 Å². The molecule has 42 heavy (non-hydrogen) atoms. The Bertz CT molecular complexity index is 1270. The molecule has 0 aliphatic heterocycles. The van der Waals surface area contributed by atoms with Gasteiger partial charge in [0.25, 0.3) is 0 Å². The van der Waals surface area contributed by atoms with Gasteiger partial charge in [-0.25, -0.2) is 4.79 Å². The second-order valence-electron chi connectivity index (χ2n) is 12.3. The Balaban J connectivity index is 0.000000168. The van der Waals surface area contributed by atoms with E-state index < -0.39 is 0 Å². The Morgan fingerprint density at radius 3 is 1.43 bits per heavy atom. The lowest BCUT2D eigenvalue weighted by Gasteiger charge is -2.25. The van der Waals surface area contributed by atoms with Crippen LogP contribution in [0, 0.1) is 5.92 Å². The normalized spacial score (nSPS) is 18.4. The van der Waals surface area contributed by atoms with Crippen molar-refractivity contribution >= 4 is 11.9 Å². The zero-order chi connectivity index (χ0) is 29.0. The van der Waals surface area contributed by atoms with Crippen LogP contribution in [0.15, 0.2) is 78.9 Å². The number of rotatable bonds is 6. The molecule has 0 saturated heterocycles. The van der Waals surface area contributed by atoms with E-state index in [1.165, 1.54) is 94.6 Å². The van der Waals surface area contributed by atoms with Gasteiger partial charge in [-0.3, -0.25) is 4.79 Å². The molecule has 0 unspecified atom stereocenters. The number of esters is 2. The summed E-state index contributed by atoms with van der Waals surface area (Å²) in [7, 11) is 0. The van der Waals surface area contributed by atoms with E-state index in [0.29, 0.717) is 17.4 Å². The summed E-state index contributed by atoms with van der Waals surface area (Å²) in [6, 6.07) is 25.3. The monoisotopic (exact) mass is 566 g/mol. The predicted molar refractivity (Wildman–Crippen MR) is 168 cm³/mol. The summed E-state index contributed by atoms with van der Waals surface area (Å²) >= 11 is 0. The Morgan fingerprint density at radius 1 is 0.476 bits per heavy atom. The lowest BCUT2D eigenvalue weighted by molar-refractivity contribution is -0.140. The summed E-state index contributed by atoms with van der Waals surface area (Å²) in [5.41, 5.74) is 3.03. The Kier molecular flexibility index (Phi) is 11.3. The molecule has 222 valence electrons. The first kappa shape index (κ1) is 30.1. The SMILES string of the molecule is O=C(Oc1ccccc1C1CCCCC1)C1CCCCC1.O=C(Oc1ccccc1C1CCCCC1)c1ccccc1. The first-order valence-corrected chi connectivity index (χ1v) is 16.4. The fourth-order valence-electron chi connectivity index (χ4n) is 6.91. The molecule has 6 rings (SSSR count). The Labute approximate surface area is 251 Å². The second kappa shape index (κ2) is 15.7. The molecular formula is C38H46O4. The largest absolute Gasteiger partial charge is 0.426 e. The van der Waals surface area contributed by atoms with Crippen molar-refractivity contribution in [1.82, 2.24) is 0 Å². The zero-order valence-corrected chi connectivity index (χ0v) is 25.0. The van der Waals surface area contributed by atoms with Gasteiger partial charge in [0.1, 0.15) is 11.5 Å². The van der Waals surface area contributed by atoms with Gasteiger partial charge in [-0.2, -0.15) is 0 Å². The van der Waals surface area contributed by atoms with E-state index >= 15 is 0 Å². The third kappa shape index (κ3) is 8.33. The molecule has 3 aromatic carbocycles. The van der Waals surface area contributed by atoms with E-state index in [1.807, 2.05) is 48.5 Å². The molecule has 0 heterocycles. The molecule has 0 atom stereocenters. The fraction of sp³-hybridized carbons (Fsp3) is 0.474. The van der Waals surface area contributed by atoms with Crippen LogP contribution in [0.4, 0.5) is 0 Å². The summed E-state index contributed by atoms with van der Waals surface area (Å²) in [6.07, 6.45) is 18.3. The molecule has 3 aliphatic rings. The van der Waals surface area contributed by atoms with E-state index in [1.54, 1.807) is 12.1 Å². The van der Waals surface area contributed by atoms with Gasteiger partial charge in [0.2, 0.25) is 0 Å². The van der Waals surface area contributed by atoms with Gasteiger partial charge in [0.05, 0.1) is 11.5 Å². The maximum Gasteiger partial charge on any atom is 0.343 e. The van der Waals surface area contributed by atoms with Crippen LogP contribution >= 0.6 is 0 Å². The van der Waals surface area contributed by atoms with Gasteiger partial charge in [0.15, 0.2) is 0 Å². The van der Waals surface area contributed by atoms with Crippen molar-refractivity contribution in [1.29, 1.82) is 0 Å². The van der Waals surface area contributed by atoms with Crippen molar-refractivity contribution in [3.63, 3.8) is 0 Å². The topological polar surface area (TPSA) is 52.6 Å². The molecule has 0 aromatic heterocycles. The van der Waals surface area contributed by atoms with Gasteiger partial charge in [0, 0.05) is 0 Å². The zero-order valence-electron chi connectivity index (χ0n) is 25.0. The van der Waals surface area contributed by atoms with Crippen LogP contribution in [0.3, 0.4) is 0 Å². The molecule has 3 aliphatic carbocycles.